The molecule has 3 rings (SSSR count). The van der Waals surface area contributed by atoms with Gasteiger partial charge in [0.15, 0.2) is 0 Å². The van der Waals surface area contributed by atoms with Gasteiger partial charge in [0, 0.05) is 0 Å². The van der Waals surface area contributed by atoms with Crippen molar-refractivity contribution in [1.82, 2.24) is 0 Å². The Kier molecular flexibility index (Phi) is 12.7. The first kappa shape index (κ1) is 22.7. The second kappa shape index (κ2) is 14.0. The molecule has 134 valence electrons. The third kappa shape index (κ3) is 7.39. The maximum atomic E-state index is 2.25. The van der Waals surface area contributed by atoms with E-state index in [-0.39, 0.29) is 0 Å². The van der Waals surface area contributed by atoms with Crippen LogP contribution in [0.3, 0.4) is 0 Å². The summed E-state index contributed by atoms with van der Waals surface area (Å²) in [5.74, 6) is 0. The van der Waals surface area contributed by atoms with Gasteiger partial charge in [-0.3, -0.25) is 0 Å². The molecular formula is C25H34. The summed E-state index contributed by atoms with van der Waals surface area (Å²) in [6.07, 6.45) is 0. The molecular weight excluding hydrogens is 300 g/mol. The second-order valence-electron chi connectivity index (χ2n) is 4.81. The van der Waals surface area contributed by atoms with Crippen LogP contribution in [-0.4, -0.2) is 0 Å². The van der Waals surface area contributed by atoms with E-state index in [1.54, 1.807) is 0 Å². The molecule has 25 heavy (non-hydrogen) atoms. The molecule has 0 bridgehead atoms. The SMILES string of the molecule is CC.CC.CC.Cc1ccc(-c2cccc(-c3ccccc3)c2)cc1. The Morgan fingerprint density at radius 3 is 1.28 bits per heavy atom. The molecule has 3 aromatic rings. The zero-order chi connectivity index (χ0) is 19.1. The van der Waals surface area contributed by atoms with Crippen molar-refractivity contribution in [2.24, 2.45) is 0 Å². The van der Waals surface area contributed by atoms with Crippen molar-refractivity contribution in [3.8, 4) is 22.3 Å². The van der Waals surface area contributed by atoms with Gasteiger partial charge in [0.25, 0.3) is 0 Å². The third-order valence-corrected chi connectivity index (χ3v) is 3.35. The van der Waals surface area contributed by atoms with Crippen LogP contribution >= 0.6 is 0 Å². The van der Waals surface area contributed by atoms with E-state index >= 15 is 0 Å². The summed E-state index contributed by atoms with van der Waals surface area (Å²) in [6.45, 7) is 14.1. The Balaban J connectivity index is 0.000000871. The summed E-state index contributed by atoms with van der Waals surface area (Å²) in [5, 5.41) is 0. The van der Waals surface area contributed by atoms with Crippen LogP contribution in [0.25, 0.3) is 22.3 Å². The van der Waals surface area contributed by atoms with Gasteiger partial charge in [-0.25, -0.2) is 0 Å². The molecule has 0 aliphatic carbocycles. The molecule has 0 amide bonds. The average molecular weight is 335 g/mol. The van der Waals surface area contributed by atoms with Crippen molar-refractivity contribution < 1.29 is 0 Å². The Hall–Kier alpha value is -2.34. The maximum absolute atomic E-state index is 2.25. The molecule has 0 aromatic heterocycles. The van der Waals surface area contributed by atoms with Crippen molar-refractivity contribution in [1.29, 1.82) is 0 Å². The topological polar surface area (TPSA) is 0 Å². The summed E-state index contributed by atoms with van der Waals surface area (Å²) in [4.78, 5) is 0. The fourth-order valence-corrected chi connectivity index (χ4v) is 2.25. The van der Waals surface area contributed by atoms with E-state index in [4.69, 9.17) is 0 Å². The number of hydrogen-bond acceptors (Lipinski definition) is 0. The van der Waals surface area contributed by atoms with Gasteiger partial charge >= 0.3 is 0 Å². The molecule has 0 saturated carbocycles. The number of hydrogen-bond donors (Lipinski definition) is 0. The number of aryl methyl sites for hydroxylation is 1. The molecule has 0 atom stereocenters. The lowest BCUT2D eigenvalue weighted by molar-refractivity contribution is 1.47. The molecule has 0 heteroatoms. The minimum absolute atomic E-state index is 1.26. The van der Waals surface area contributed by atoms with Gasteiger partial charge in [0.2, 0.25) is 0 Å². The molecule has 0 saturated heterocycles. The van der Waals surface area contributed by atoms with E-state index in [0.29, 0.717) is 0 Å². The molecule has 0 radical (unpaired) electrons. The van der Waals surface area contributed by atoms with Crippen LogP contribution in [0.15, 0.2) is 78.9 Å². The number of rotatable bonds is 2. The van der Waals surface area contributed by atoms with Crippen LogP contribution in [0.4, 0.5) is 0 Å². The quantitative estimate of drug-likeness (QED) is 0.441. The van der Waals surface area contributed by atoms with Crippen LogP contribution in [-0.2, 0) is 0 Å². The molecule has 0 aliphatic heterocycles. The first-order valence-corrected chi connectivity index (χ1v) is 9.55. The van der Waals surface area contributed by atoms with Crippen molar-refractivity contribution in [2.75, 3.05) is 0 Å². The van der Waals surface area contributed by atoms with E-state index in [9.17, 15) is 0 Å². The van der Waals surface area contributed by atoms with Crippen molar-refractivity contribution in [2.45, 2.75) is 48.5 Å². The minimum atomic E-state index is 1.26. The fraction of sp³-hybridized carbons (Fsp3) is 0.280. The number of benzene rings is 3. The molecule has 0 spiro atoms. The monoisotopic (exact) mass is 334 g/mol. The van der Waals surface area contributed by atoms with E-state index in [1.165, 1.54) is 27.8 Å². The van der Waals surface area contributed by atoms with Crippen molar-refractivity contribution in [3.63, 3.8) is 0 Å². The second-order valence-corrected chi connectivity index (χ2v) is 4.81. The smallest absolute Gasteiger partial charge is 0.0178 e. The Labute approximate surface area is 155 Å². The third-order valence-electron chi connectivity index (χ3n) is 3.35. The molecule has 3 aromatic carbocycles. The van der Waals surface area contributed by atoms with Crippen LogP contribution in [0.2, 0.25) is 0 Å². The predicted octanol–water partition coefficient (Wildman–Crippen LogP) is 8.41. The Morgan fingerprint density at radius 2 is 0.800 bits per heavy atom. The largest absolute Gasteiger partial charge is 0.0683 e. The van der Waals surface area contributed by atoms with Crippen LogP contribution in [0.1, 0.15) is 47.1 Å². The summed E-state index contributed by atoms with van der Waals surface area (Å²) in [7, 11) is 0. The highest BCUT2D eigenvalue weighted by Crippen LogP contribution is 2.26. The molecule has 0 aliphatic rings. The normalized spacial score (nSPS) is 8.60. The van der Waals surface area contributed by atoms with Gasteiger partial charge in [-0.05, 0) is 35.2 Å². The predicted molar refractivity (Wildman–Crippen MR) is 116 cm³/mol. The Morgan fingerprint density at radius 1 is 0.400 bits per heavy atom. The first-order chi connectivity index (χ1) is 12.3. The van der Waals surface area contributed by atoms with Gasteiger partial charge in [0.05, 0.1) is 0 Å². The molecule has 0 unspecified atom stereocenters. The highest BCUT2D eigenvalue weighted by molar-refractivity contribution is 5.73. The molecule has 0 N–H and O–H groups in total. The van der Waals surface area contributed by atoms with Crippen molar-refractivity contribution in [3.05, 3.63) is 84.4 Å². The van der Waals surface area contributed by atoms with Crippen molar-refractivity contribution >= 4 is 0 Å². The van der Waals surface area contributed by atoms with E-state index in [2.05, 4.69) is 79.7 Å². The van der Waals surface area contributed by atoms with Gasteiger partial charge < -0.3 is 0 Å². The van der Waals surface area contributed by atoms with Crippen LogP contribution in [0, 0.1) is 6.92 Å². The zero-order valence-electron chi connectivity index (χ0n) is 17.0. The summed E-state index contributed by atoms with van der Waals surface area (Å²) in [6, 6.07) is 27.9. The Bertz CT molecular complexity index is 664. The van der Waals surface area contributed by atoms with E-state index < -0.39 is 0 Å². The maximum Gasteiger partial charge on any atom is -0.0178 e. The molecule has 0 nitrogen and oxygen atoms in total. The minimum Gasteiger partial charge on any atom is -0.0683 e. The summed E-state index contributed by atoms with van der Waals surface area (Å²) in [5.41, 5.74) is 6.35. The van der Waals surface area contributed by atoms with Crippen LogP contribution in [0.5, 0.6) is 0 Å². The van der Waals surface area contributed by atoms with E-state index in [1.807, 2.05) is 47.6 Å². The summed E-state index contributed by atoms with van der Waals surface area (Å²) < 4.78 is 0. The molecule has 0 fully saturated rings. The standard InChI is InChI=1S/C19H16.3C2H6/c1-15-10-12-17(13-11-15)19-9-5-8-18(14-19)16-6-3-2-4-7-16;3*1-2/h2-14H,1H3;3*1-2H3. The highest BCUT2D eigenvalue weighted by atomic mass is 14.1. The lowest BCUT2D eigenvalue weighted by Gasteiger charge is -2.06. The average Bonchev–Trinajstić information content (AvgIpc) is 2.74. The lowest BCUT2D eigenvalue weighted by atomic mass is 9.99. The lowest BCUT2D eigenvalue weighted by Crippen LogP contribution is -1.81. The molecule has 0 heterocycles. The van der Waals surface area contributed by atoms with Gasteiger partial charge in [-0.15, -0.1) is 0 Å². The highest BCUT2D eigenvalue weighted by Gasteiger charge is 2.00. The van der Waals surface area contributed by atoms with Gasteiger partial charge in [-0.2, -0.15) is 0 Å². The fourth-order valence-electron chi connectivity index (χ4n) is 2.25. The van der Waals surface area contributed by atoms with E-state index in [0.717, 1.165) is 0 Å². The van der Waals surface area contributed by atoms with Gasteiger partial charge in [-0.1, -0.05) is 120 Å². The summed E-state index contributed by atoms with van der Waals surface area (Å²) >= 11 is 0. The van der Waals surface area contributed by atoms with Crippen LogP contribution < -0.4 is 0 Å². The zero-order valence-corrected chi connectivity index (χ0v) is 17.0. The first-order valence-electron chi connectivity index (χ1n) is 9.55. The van der Waals surface area contributed by atoms with Gasteiger partial charge in [0.1, 0.15) is 0 Å².